The number of hydrogen-bond acceptors (Lipinski definition) is 6. The van der Waals surface area contributed by atoms with Crippen molar-refractivity contribution in [2.45, 2.75) is 31.3 Å². The van der Waals surface area contributed by atoms with Crippen LogP contribution >= 0.6 is 0 Å². The lowest BCUT2D eigenvalue weighted by Gasteiger charge is -2.26. The molecular weight excluding hydrogens is 206 g/mol. The molecule has 1 amide bonds. The van der Waals surface area contributed by atoms with Crippen LogP contribution in [0.15, 0.2) is 0 Å². The Kier molecular flexibility index (Phi) is 5.37. The molecule has 0 rings (SSSR count). The molecule has 88 valence electrons. The Hall–Kier alpha value is -1.02. The quantitative estimate of drug-likeness (QED) is 0.298. The molecule has 0 aliphatic carbocycles. The Bertz CT molecular complexity index is 233. The minimum Gasteiger partial charge on any atom is -0.390 e. The van der Waals surface area contributed by atoms with Gasteiger partial charge in [-0.2, -0.15) is 0 Å². The third-order valence-corrected chi connectivity index (χ3v) is 2.07. The fourth-order valence-electron chi connectivity index (χ4n) is 0.949. The van der Waals surface area contributed by atoms with Gasteiger partial charge < -0.3 is 31.0 Å². The minimum absolute atomic E-state index is 0.372. The minimum atomic E-state index is -1.99. The summed E-state index contributed by atoms with van der Waals surface area (Å²) in [6.07, 6.45) is -6.95. The third-order valence-electron chi connectivity index (χ3n) is 2.07. The molecule has 0 aromatic carbocycles. The van der Waals surface area contributed by atoms with Crippen molar-refractivity contribution in [1.29, 1.82) is 0 Å². The summed E-state index contributed by atoms with van der Waals surface area (Å²) in [5.74, 6) is -2.16. The predicted molar refractivity (Wildman–Crippen MR) is 48.4 cm³/mol. The van der Waals surface area contributed by atoms with Crippen molar-refractivity contribution in [2.75, 3.05) is 0 Å². The van der Waals surface area contributed by atoms with Gasteiger partial charge in [-0.1, -0.05) is 6.92 Å². The van der Waals surface area contributed by atoms with E-state index in [-0.39, 0.29) is 0 Å². The van der Waals surface area contributed by atoms with Gasteiger partial charge in [-0.15, -0.1) is 0 Å². The van der Waals surface area contributed by atoms with Gasteiger partial charge in [-0.3, -0.25) is 4.79 Å². The molecule has 0 saturated carbocycles. The van der Waals surface area contributed by atoms with Crippen molar-refractivity contribution in [3.8, 4) is 0 Å². The van der Waals surface area contributed by atoms with Crippen LogP contribution in [0.4, 0.5) is 0 Å². The first-order valence-corrected chi connectivity index (χ1v) is 4.29. The van der Waals surface area contributed by atoms with Crippen LogP contribution < -0.4 is 5.73 Å². The van der Waals surface area contributed by atoms with Crippen LogP contribution in [0.2, 0.25) is 0 Å². The fourth-order valence-corrected chi connectivity index (χ4v) is 0.949. The van der Waals surface area contributed by atoms with Crippen molar-refractivity contribution in [1.82, 2.24) is 0 Å². The zero-order chi connectivity index (χ0) is 12.2. The average molecular weight is 221 g/mol. The van der Waals surface area contributed by atoms with E-state index in [1.54, 1.807) is 0 Å². The lowest BCUT2D eigenvalue weighted by atomic mass is 9.95. The summed E-state index contributed by atoms with van der Waals surface area (Å²) >= 11 is 0. The Labute approximate surface area is 86.1 Å². The van der Waals surface area contributed by atoms with Crippen LogP contribution in [0.3, 0.4) is 0 Å². The van der Waals surface area contributed by atoms with Gasteiger partial charge in [0.2, 0.25) is 5.91 Å². The smallest absolute Gasteiger partial charge is 0.249 e. The Morgan fingerprint density at radius 1 is 1.13 bits per heavy atom. The van der Waals surface area contributed by atoms with E-state index >= 15 is 0 Å². The van der Waals surface area contributed by atoms with E-state index in [9.17, 15) is 24.9 Å². The van der Waals surface area contributed by atoms with Gasteiger partial charge in [0.1, 0.15) is 18.5 Å². The highest BCUT2D eigenvalue weighted by atomic mass is 16.4. The first-order chi connectivity index (χ1) is 6.82. The number of rotatable bonds is 6. The number of aliphatic hydroxyl groups is 4. The highest BCUT2D eigenvalue weighted by Crippen LogP contribution is 2.11. The topological polar surface area (TPSA) is 141 Å². The summed E-state index contributed by atoms with van der Waals surface area (Å²) in [5.41, 5.74) is 4.67. The van der Waals surface area contributed by atoms with Crippen molar-refractivity contribution in [3.05, 3.63) is 0 Å². The number of aldehydes is 1. The highest BCUT2D eigenvalue weighted by molar-refractivity contribution is 5.79. The van der Waals surface area contributed by atoms with Crippen LogP contribution in [-0.2, 0) is 9.59 Å². The number of aliphatic hydroxyl groups excluding tert-OH is 4. The molecule has 7 nitrogen and oxygen atoms in total. The molecule has 7 heteroatoms. The van der Waals surface area contributed by atoms with Gasteiger partial charge in [-0.05, 0) is 0 Å². The maximum absolute atomic E-state index is 10.5. The normalized spacial score (nSPS) is 21.1. The number of primary amides is 1. The molecule has 0 aliphatic rings. The van der Waals surface area contributed by atoms with E-state index in [2.05, 4.69) is 5.73 Å². The van der Waals surface area contributed by atoms with Crippen molar-refractivity contribution < 1.29 is 30.0 Å². The van der Waals surface area contributed by atoms with Crippen molar-refractivity contribution in [3.63, 3.8) is 0 Å². The molecule has 0 spiro atoms. The van der Waals surface area contributed by atoms with Gasteiger partial charge in [0.05, 0.1) is 6.10 Å². The summed E-state index contributed by atoms with van der Waals surface area (Å²) in [7, 11) is 0. The predicted octanol–water partition coefficient (Wildman–Crippen LogP) is -3.25. The van der Waals surface area contributed by atoms with Crippen molar-refractivity contribution >= 4 is 12.2 Å². The second-order valence-electron chi connectivity index (χ2n) is 3.31. The van der Waals surface area contributed by atoms with Crippen LogP contribution in [0.25, 0.3) is 0 Å². The Morgan fingerprint density at radius 3 is 1.93 bits per heavy atom. The molecule has 15 heavy (non-hydrogen) atoms. The maximum Gasteiger partial charge on any atom is 0.249 e. The van der Waals surface area contributed by atoms with Gasteiger partial charge >= 0.3 is 0 Å². The molecule has 0 radical (unpaired) electrons. The van der Waals surface area contributed by atoms with Crippen LogP contribution in [-0.4, -0.2) is 57.0 Å². The molecular formula is C8H15NO6. The maximum atomic E-state index is 10.5. The van der Waals surface area contributed by atoms with Gasteiger partial charge in [-0.25, -0.2) is 0 Å². The average Bonchev–Trinajstić information content (AvgIpc) is 2.23. The van der Waals surface area contributed by atoms with Crippen molar-refractivity contribution in [2.24, 2.45) is 11.7 Å². The molecule has 5 atom stereocenters. The zero-order valence-electron chi connectivity index (χ0n) is 8.15. The summed E-state index contributed by atoms with van der Waals surface area (Å²) in [6, 6.07) is 0. The summed E-state index contributed by atoms with van der Waals surface area (Å²) < 4.78 is 0. The van der Waals surface area contributed by atoms with Gasteiger partial charge in [0, 0.05) is 5.92 Å². The number of carbonyl (C=O) groups is 2. The van der Waals surface area contributed by atoms with E-state index in [0.717, 1.165) is 0 Å². The number of carbonyl (C=O) groups excluding carboxylic acids is 2. The SMILES string of the molecule is CC(C=O)[C@H](O)[C@H](O)[C@H](O)[C@@H](O)C(N)=O. The summed E-state index contributed by atoms with van der Waals surface area (Å²) in [6.45, 7) is 1.31. The second-order valence-corrected chi connectivity index (χ2v) is 3.31. The first-order valence-electron chi connectivity index (χ1n) is 4.29. The Balaban J connectivity index is 4.49. The molecule has 1 unspecified atom stereocenters. The molecule has 0 bridgehead atoms. The molecule has 0 fully saturated rings. The third kappa shape index (κ3) is 3.56. The Morgan fingerprint density at radius 2 is 1.60 bits per heavy atom. The van der Waals surface area contributed by atoms with Gasteiger partial charge in [0.25, 0.3) is 0 Å². The second kappa shape index (κ2) is 5.76. The zero-order valence-corrected chi connectivity index (χ0v) is 8.15. The van der Waals surface area contributed by atoms with E-state index < -0.39 is 36.2 Å². The molecule has 0 aromatic heterocycles. The van der Waals surface area contributed by atoms with E-state index in [0.29, 0.717) is 6.29 Å². The lowest BCUT2D eigenvalue weighted by Crippen LogP contribution is -2.51. The van der Waals surface area contributed by atoms with Crippen LogP contribution in [0, 0.1) is 5.92 Å². The molecule has 6 N–H and O–H groups in total. The van der Waals surface area contributed by atoms with Gasteiger partial charge in [0.15, 0.2) is 6.10 Å². The highest BCUT2D eigenvalue weighted by Gasteiger charge is 2.35. The van der Waals surface area contributed by atoms with E-state index in [1.807, 2.05) is 0 Å². The molecule has 0 heterocycles. The summed E-state index contributed by atoms with van der Waals surface area (Å²) in [4.78, 5) is 20.7. The molecule has 0 aliphatic heterocycles. The first kappa shape index (κ1) is 14.0. The molecule has 0 aromatic rings. The summed E-state index contributed by atoms with van der Waals surface area (Å²) in [5, 5.41) is 36.7. The van der Waals surface area contributed by atoms with Crippen LogP contribution in [0.5, 0.6) is 0 Å². The number of amides is 1. The fraction of sp³-hybridized carbons (Fsp3) is 0.750. The molecule has 0 saturated heterocycles. The number of hydrogen-bond donors (Lipinski definition) is 5. The van der Waals surface area contributed by atoms with E-state index in [4.69, 9.17) is 5.11 Å². The monoisotopic (exact) mass is 221 g/mol. The number of nitrogens with two attached hydrogens (primary N) is 1. The standard InChI is InChI=1S/C8H15NO6/c1-3(2-10)4(11)5(12)6(13)7(14)8(9)15/h2-7,11-14H,1H3,(H2,9,15)/t3?,4-,5-,6-,7+/m0/s1. The lowest BCUT2D eigenvalue weighted by molar-refractivity contribution is -0.147. The van der Waals surface area contributed by atoms with Crippen LogP contribution in [0.1, 0.15) is 6.92 Å². The van der Waals surface area contributed by atoms with E-state index in [1.165, 1.54) is 6.92 Å². The largest absolute Gasteiger partial charge is 0.390 e.